The zero-order chi connectivity index (χ0) is 21.9. The van der Waals surface area contributed by atoms with Crippen molar-refractivity contribution in [2.24, 2.45) is 5.92 Å². The summed E-state index contributed by atoms with van der Waals surface area (Å²) in [6.45, 7) is 6.03. The van der Waals surface area contributed by atoms with E-state index in [2.05, 4.69) is 19.0 Å². The number of rotatable bonds is 3. The molecule has 5 rings (SSSR count). The van der Waals surface area contributed by atoms with Crippen LogP contribution in [-0.2, 0) is 14.3 Å². The minimum Gasteiger partial charge on any atom is -0.483 e. The second-order valence-electron chi connectivity index (χ2n) is 8.97. The fourth-order valence-electron chi connectivity index (χ4n) is 4.90. The maximum atomic E-state index is 13.7. The van der Waals surface area contributed by atoms with Gasteiger partial charge < -0.3 is 9.26 Å². The van der Waals surface area contributed by atoms with Crippen molar-refractivity contribution in [2.75, 3.05) is 4.90 Å². The van der Waals surface area contributed by atoms with E-state index in [1.165, 1.54) is 10.5 Å². The number of amides is 1. The SMILES string of the molecule is Cc1cc(N2C(=O)C3=C(C(=O)C4CC(Cl)CCC4O3)C2c2ccc(C(C)C)cc2)no1. The number of hydrogen-bond acceptors (Lipinski definition) is 5. The van der Waals surface area contributed by atoms with Crippen LogP contribution in [0.3, 0.4) is 0 Å². The summed E-state index contributed by atoms with van der Waals surface area (Å²) in [6.07, 6.45) is 1.72. The van der Waals surface area contributed by atoms with Gasteiger partial charge in [-0.1, -0.05) is 43.3 Å². The van der Waals surface area contributed by atoms with E-state index in [-0.39, 0.29) is 34.8 Å². The molecule has 1 aromatic carbocycles. The van der Waals surface area contributed by atoms with Crippen LogP contribution in [0.15, 0.2) is 46.2 Å². The fourth-order valence-corrected chi connectivity index (χ4v) is 5.22. The van der Waals surface area contributed by atoms with Gasteiger partial charge in [-0.05, 0) is 43.2 Å². The number of aryl methyl sites for hydroxylation is 1. The molecule has 7 heteroatoms. The number of nitrogens with zero attached hydrogens (tertiary/aromatic N) is 2. The molecule has 2 aliphatic heterocycles. The third-order valence-corrected chi connectivity index (χ3v) is 6.96. The van der Waals surface area contributed by atoms with Crippen molar-refractivity contribution < 1.29 is 18.8 Å². The second kappa shape index (κ2) is 7.52. The van der Waals surface area contributed by atoms with E-state index in [0.717, 1.165) is 12.0 Å². The van der Waals surface area contributed by atoms with E-state index >= 15 is 0 Å². The number of ether oxygens (including phenoxy) is 1. The van der Waals surface area contributed by atoms with Crippen LogP contribution in [0.2, 0.25) is 0 Å². The smallest absolute Gasteiger partial charge is 0.295 e. The van der Waals surface area contributed by atoms with Gasteiger partial charge in [-0.3, -0.25) is 14.5 Å². The Balaban J connectivity index is 1.62. The lowest BCUT2D eigenvalue weighted by atomic mass is 9.77. The molecule has 1 aliphatic carbocycles. The molecule has 1 saturated carbocycles. The first-order chi connectivity index (χ1) is 14.8. The van der Waals surface area contributed by atoms with Crippen molar-refractivity contribution in [1.82, 2.24) is 5.16 Å². The molecule has 3 heterocycles. The van der Waals surface area contributed by atoms with Gasteiger partial charge in [0.05, 0.1) is 17.5 Å². The highest BCUT2D eigenvalue weighted by molar-refractivity contribution is 6.21. The van der Waals surface area contributed by atoms with Crippen LogP contribution in [0.1, 0.15) is 62.0 Å². The molecule has 0 N–H and O–H groups in total. The minimum absolute atomic E-state index is 0.0365. The average Bonchev–Trinajstić information content (AvgIpc) is 3.30. The highest BCUT2D eigenvalue weighted by atomic mass is 35.5. The first-order valence-corrected chi connectivity index (χ1v) is 11.2. The Morgan fingerprint density at radius 3 is 2.55 bits per heavy atom. The van der Waals surface area contributed by atoms with E-state index in [1.54, 1.807) is 13.0 Å². The molecular weight excluding hydrogens is 416 g/mol. The van der Waals surface area contributed by atoms with Crippen LogP contribution in [0, 0.1) is 12.8 Å². The zero-order valence-electron chi connectivity index (χ0n) is 17.8. The van der Waals surface area contributed by atoms with Gasteiger partial charge in [0.2, 0.25) is 0 Å². The molecule has 162 valence electrons. The summed E-state index contributed by atoms with van der Waals surface area (Å²) in [4.78, 5) is 28.7. The van der Waals surface area contributed by atoms with Crippen LogP contribution in [0.4, 0.5) is 5.82 Å². The van der Waals surface area contributed by atoms with Crippen LogP contribution < -0.4 is 4.90 Å². The summed E-state index contributed by atoms with van der Waals surface area (Å²) in [5.41, 5.74) is 2.45. The summed E-state index contributed by atoms with van der Waals surface area (Å²) in [6, 6.07) is 9.15. The van der Waals surface area contributed by atoms with Crippen molar-refractivity contribution in [2.45, 2.75) is 63.5 Å². The standard InChI is InChI=1S/C24H25ClN2O4/c1-12(2)14-4-6-15(7-5-14)21-20-22(28)17-11-16(25)8-9-18(17)30-23(20)24(29)27(21)19-10-13(3)31-26-19/h4-7,10,12,16-18,21H,8-9,11H2,1-3H3. The van der Waals surface area contributed by atoms with Crippen molar-refractivity contribution >= 4 is 29.1 Å². The summed E-state index contributed by atoms with van der Waals surface area (Å²) < 4.78 is 11.4. The number of alkyl halides is 1. The largest absolute Gasteiger partial charge is 0.483 e. The maximum Gasteiger partial charge on any atom is 0.295 e. The number of Topliss-reactive ketones (excluding diaryl/α,β-unsaturated/α-hetero) is 1. The van der Waals surface area contributed by atoms with Gasteiger partial charge in [0.25, 0.3) is 5.91 Å². The van der Waals surface area contributed by atoms with E-state index in [9.17, 15) is 9.59 Å². The Labute approximate surface area is 186 Å². The summed E-state index contributed by atoms with van der Waals surface area (Å²) in [5.74, 6) is 0.798. The quantitative estimate of drug-likeness (QED) is 0.639. The predicted octanol–water partition coefficient (Wildman–Crippen LogP) is 4.82. The highest BCUT2D eigenvalue weighted by Gasteiger charge is 2.53. The third kappa shape index (κ3) is 3.28. The van der Waals surface area contributed by atoms with Crippen molar-refractivity contribution in [3.63, 3.8) is 0 Å². The lowest BCUT2D eigenvalue weighted by Gasteiger charge is -2.37. The number of anilines is 1. The summed E-state index contributed by atoms with van der Waals surface area (Å²) >= 11 is 6.38. The number of fused-ring (bicyclic) bond motifs is 1. The molecule has 0 bridgehead atoms. The Morgan fingerprint density at radius 2 is 1.90 bits per heavy atom. The van der Waals surface area contributed by atoms with Gasteiger partial charge in [-0.25, -0.2) is 0 Å². The van der Waals surface area contributed by atoms with Gasteiger partial charge >= 0.3 is 0 Å². The Hall–Kier alpha value is -2.60. The molecule has 1 aromatic heterocycles. The Kier molecular flexibility index (Phi) is 4.93. The van der Waals surface area contributed by atoms with Gasteiger partial charge in [0.15, 0.2) is 17.4 Å². The van der Waals surface area contributed by atoms with E-state index in [0.29, 0.717) is 35.9 Å². The molecular formula is C24H25ClN2O4. The molecule has 0 spiro atoms. The monoisotopic (exact) mass is 440 g/mol. The predicted molar refractivity (Wildman–Crippen MR) is 116 cm³/mol. The molecule has 0 saturated heterocycles. The highest BCUT2D eigenvalue weighted by Crippen LogP contribution is 2.48. The van der Waals surface area contributed by atoms with Crippen LogP contribution >= 0.6 is 11.6 Å². The van der Waals surface area contributed by atoms with Crippen molar-refractivity contribution in [3.8, 4) is 0 Å². The second-order valence-corrected chi connectivity index (χ2v) is 9.59. The molecule has 4 atom stereocenters. The minimum atomic E-state index is -0.600. The molecule has 31 heavy (non-hydrogen) atoms. The summed E-state index contributed by atoms with van der Waals surface area (Å²) in [5, 5.41) is 4.02. The Bertz CT molecular complexity index is 1070. The van der Waals surface area contributed by atoms with Gasteiger partial charge in [0, 0.05) is 11.4 Å². The number of carbonyl (C=O) groups is 2. The van der Waals surface area contributed by atoms with Gasteiger partial charge in [-0.2, -0.15) is 0 Å². The topological polar surface area (TPSA) is 72.6 Å². The van der Waals surface area contributed by atoms with E-state index in [1.807, 2.05) is 24.3 Å². The van der Waals surface area contributed by atoms with Crippen LogP contribution in [-0.4, -0.2) is 28.3 Å². The number of hydrogen-bond donors (Lipinski definition) is 0. The average molecular weight is 441 g/mol. The normalized spacial score (nSPS) is 28.1. The van der Waals surface area contributed by atoms with Crippen LogP contribution in [0.5, 0.6) is 0 Å². The van der Waals surface area contributed by atoms with Crippen molar-refractivity contribution in [3.05, 3.63) is 58.6 Å². The van der Waals surface area contributed by atoms with Gasteiger partial charge in [0.1, 0.15) is 11.9 Å². The lowest BCUT2D eigenvalue weighted by Crippen LogP contribution is -2.41. The number of ketones is 1. The molecule has 0 radical (unpaired) electrons. The Morgan fingerprint density at radius 1 is 1.16 bits per heavy atom. The molecule has 2 aromatic rings. The number of carbonyl (C=O) groups excluding carboxylic acids is 2. The van der Waals surface area contributed by atoms with E-state index < -0.39 is 6.04 Å². The van der Waals surface area contributed by atoms with Gasteiger partial charge in [-0.15, -0.1) is 11.6 Å². The molecule has 1 fully saturated rings. The van der Waals surface area contributed by atoms with Crippen molar-refractivity contribution in [1.29, 1.82) is 0 Å². The number of halogens is 1. The van der Waals surface area contributed by atoms with Crippen LogP contribution in [0.25, 0.3) is 0 Å². The first-order valence-electron chi connectivity index (χ1n) is 10.8. The molecule has 3 aliphatic rings. The molecule has 6 nitrogen and oxygen atoms in total. The molecule has 4 unspecified atom stereocenters. The zero-order valence-corrected chi connectivity index (χ0v) is 18.6. The number of benzene rings is 1. The maximum absolute atomic E-state index is 13.7. The fraction of sp³-hybridized carbons (Fsp3) is 0.458. The van der Waals surface area contributed by atoms with E-state index in [4.69, 9.17) is 20.9 Å². The first kappa shape index (κ1) is 20.3. The third-order valence-electron chi connectivity index (χ3n) is 6.56. The lowest BCUT2D eigenvalue weighted by molar-refractivity contribution is -0.131. The number of aromatic nitrogens is 1. The summed E-state index contributed by atoms with van der Waals surface area (Å²) in [7, 11) is 0. The molecule has 1 amide bonds.